The summed E-state index contributed by atoms with van der Waals surface area (Å²) in [6.45, 7) is 20.8. The van der Waals surface area contributed by atoms with Crippen LogP contribution in [0.2, 0.25) is 19.6 Å². The van der Waals surface area contributed by atoms with Gasteiger partial charge in [-0.15, -0.1) is 6.58 Å². The van der Waals surface area contributed by atoms with Gasteiger partial charge in [0, 0.05) is 25.6 Å². The van der Waals surface area contributed by atoms with Crippen molar-refractivity contribution in [3.05, 3.63) is 83.9 Å². The predicted molar refractivity (Wildman–Crippen MR) is 133 cm³/mol. The second kappa shape index (κ2) is 11.6. The first-order valence-electron chi connectivity index (χ1n) is 11.3. The molecule has 2 aromatic rings. The van der Waals surface area contributed by atoms with Crippen molar-refractivity contribution in [3.8, 4) is 0 Å². The fourth-order valence-corrected chi connectivity index (χ4v) is 5.40. The van der Waals surface area contributed by atoms with Crippen LogP contribution in [0.3, 0.4) is 0 Å². The van der Waals surface area contributed by atoms with E-state index in [-0.39, 0.29) is 6.10 Å². The monoisotopic (exact) mass is 423 g/mol. The average molecular weight is 424 g/mol. The summed E-state index contributed by atoms with van der Waals surface area (Å²) in [5.74, 6) is 0.915. The Morgan fingerprint density at radius 2 is 1.37 bits per heavy atom. The van der Waals surface area contributed by atoms with Crippen LogP contribution in [0.15, 0.2) is 72.8 Å². The van der Waals surface area contributed by atoms with Crippen molar-refractivity contribution in [3.63, 3.8) is 0 Å². The van der Waals surface area contributed by atoms with Gasteiger partial charge in [0.1, 0.15) is 0 Å². The zero-order chi connectivity index (χ0) is 22.1. The smallest absolute Gasteiger partial charge is 0.184 e. The summed E-state index contributed by atoms with van der Waals surface area (Å²) >= 11 is 0. The zero-order valence-corrected chi connectivity index (χ0v) is 20.9. The minimum Gasteiger partial charge on any atom is -0.414 e. The van der Waals surface area contributed by atoms with Gasteiger partial charge < -0.3 is 4.43 Å². The Bertz CT molecular complexity index is 710. The highest BCUT2D eigenvalue weighted by Crippen LogP contribution is 2.28. The zero-order valence-electron chi connectivity index (χ0n) is 19.9. The molecular weight excluding hydrogens is 382 g/mol. The number of hydrogen-bond donors (Lipinski definition) is 0. The number of allylic oxidation sites excluding steroid dienone is 1. The lowest BCUT2D eigenvalue weighted by atomic mass is 9.88. The highest BCUT2D eigenvalue weighted by molar-refractivity contribution is 6.69. The van der Waals surface area contributed by atoms with Crippen LogP contribution in [0.5, 0.6) is 0 Å². The molecule has 0 bridgehead atoms. The van der Waals surface area contributed by atoms with Crippen LogP contribution >= 0.6 is 0 Å². The molecule has 0 unspecified atom stereocenters. The Morgan fingerprint density at radius 3 is 1.73 bits per heavy atom. The maximum absolute atomic E-state index is 6.73. The van der Waals surface area contributed by atoms with E-state index in [2.05, 4.69) is 113 Å². The van der Waals surface area contributed by atoms with E-state index in [9.17, 15) is 0 Å². The lowest BCUT2D eigenvalue weighted by Gasteiger charge is -2.38. The van der Waals surface area contributed by atoms with Gasteiger partial charge in [-0.2, -0.15) is 0 Å². The van der Waals surface area contributed by atoms with Crippen molar-refractivity contribution in [2.24, 2.45) is 11.8 Å². The molecule has 2 nitrogen and oxygen atoms in total. The van der Waals surface area contributed by atoms with Crippen molar-refractivity contribution >= 4 is 8.32 Å². The first-order chi connectivity index (χ1) is 14.1. The Kier molecular flexibility index (Phi) is 9.54. The van der Waals surface area contributed by atoms with Crippen molar-refractivity contribution < 1.29 is 4.43 Å². The molecule has 0 amide bonds. The van der Waals surface area contributed by atoms with Crippen LogP contribution in [0, 0.1) is 11.8 Å². The molecule has 0 aliphatic carbocycles. The van der Waals surface area contributed by atoms with Crippen molar-refractivity contribution in [2.75, 3.05) is 6.54 Å². The Labute approximate surface area is 186 Å². The Balaban J connectivity index is 2.28. The Hall–Kier alpha value is -1.68. The number of nitrogens with zero attached hydrogens (tertiary/aromatic N) is 1. The predicted octanol–water partition coefficient (Wildman–Crippen LogP) is 7.15. The average Bonchev–Trinajstić information content (AvgIpc) is 2.66. The van der Waals surface area contributed by atoms with Crippen LogP contribution in [-0.4, -0.2) is 25.9 Å². The van der Waals surface area contributed by atoms with Crippen LogP contribution < -0.4 is 0 Å². The standard InChI is InChI=1S/C27H41NOSi/c1-22(2)18-26(27(23(3)4)29-30(5,6)7)21-28(19-24-14-10-8-11-15-24)20-25-16-12-9-13-17-25/h8-17,23,26-27H,1,18-21H2,2-7H3/t26-,27-/m0/s1. The summed E-state index contributed by atoms with van der Waals surface area (Å²) in [5.41, 5.74) is 3.95. The van der Waals surface area contributed by atoms with Gasteiger partial charge in [-0.25, -0.2) is 0 Å². The van der Waals surface area contributed by atoms with Crippen molar-refractivity contribution in [2.45, 2.75) is 66.0 Å². The summed E-state index contributed by atoms with van der Waals surface area (Å²) < 4.78 is 6.73. The van der Waals surface area contributed by atoms with Gasteiger partial charge in [-0.1, -0.05) is 80.1 Å². The molecule has 0 aromatic heterocycles. The van der Waals surface area contributed by atoms with Gasteiger partial charge in [0.15, 0.2) is 8.32 Å². The molecular formula is C27H41NOSi. The summed E-state index contributed by atoms with van der Waals surface area (Å²) in [6, 6.07) is 21.6. The first-order valence-corrected chi connectivity index (χ1v) is 14.7. The van der Waals surface area contributed by atoms with E-state index in [1.165, 1.54) is 16.7 Å². The molecule has 0 saturated carbocycles. The van der Waals surface area contributed by atoms with E-state index in [0.29, 0.717) is 11.8 Å². The molecule has 0 aliphatic heterocycles. The van der Waals surface area contributed by atoms with E-state index >= 15 is 0 Å². The highest BCUT2D eigenvalue weighted by Gasteiger charge is 2.31. The van der Waals surface area contributed by atoms with Crippen LogP contribution in [0.25, 0.3) is 0 Å². The topological polar surface area (TPSA) is 12.5 Å². The second-order valence-electron chi connectivity index (χ2n) is 10.0. The summed E-state index contributed by atoms with van der Waals surface area (Å²) in [6.07, 6.45) is 1.26. The molecule has 0 aliphatic rings. The SMILES string of the molecule is C=C(C)C[C@@H](CN(Cc1ccccc1)Cc1ccccc1)[C@@H](O[Si](C)(C)C)C(C)C. The molecule has 0 spiro atoms. The highest BCUT2D eigenvalue weighted by atomic mass is 28.4. The normalized spacial score (nSPS) is 14.1. The van der Waals surface area contributed by atoms with Crippen LogP contribution in [-0.2, 0) is 17.5 Å². The van der Waals surface area contributed by atoms with Gasteiger partial charge in [0.05, 0.1) is 6.10 Å². The lowest BCUT2D eigenvalue weighted by Crippen LogP contribution is -2.43. The molecule has 0 N–H and O–H groups in total. The third-order valence-corrected chi connectivity index (χ3v) is 6.19. The summed E-state index contributed by atoms with van der Waals surface area (Å²) in [7, 11) is -1.64. The molecule has 2 rings (SSSR count). The van der Waals surface area contributed by atoms with Crippen molar-refractivity contribution in [1.82, 2.24) is 4.90 Å². The lowest BCUT2D eigenvalue weighted by molar-refractivity contribution is 0.0545. The summed E-state index contributed by atoms with van der Waals surface area (Å²) in [4.78, 5) is 2.58. The maximum Gasteiger partial charge on any atom is 0.184 e. The van der Waals surface area contributed by atoms with E-state index in [1.54, 1.807) is 0 Å². The van der Waals surface area contributed by atoms with E-state index in [4.69, 9.17) is 4.43 Å². The molecule has 164 valence electrons. The molecule has 30 heavy (non-hydrogen) atoms. The quantitative estimate of drug-likeness (QED) is 0.265. The molecule has 2 aromatic carbocycles. The molecule has 0 heterocycles. The molecule has 3 heteroatoms. The Morgan fingerprint density at radius 1 is 0.900 bits per heavy atom. The van der Waals surface area contributed by atoms with Crippen molar-refractivity contribution in [1.29, 1.82) is 0 Å². The molecule has 2 atom stereocenters. The van der Waals surface area contributed by atoms with Crippen LogP contribution in [0.4, 0.5) is 0 Å². The number of benzene rings is 2. The summed E-state index contributed by atoms with van der Waals surface area (Å²) in [5, 5.41) is 0. The molecule has 0 fully saturated rings. The molecule has 0 saturated heterocycles. The van der Waals surface area contributed by atoms with Crippen LogP contribution in [0.1, 0.15) is 38.3 Å². The van der Waals surface area contributed by atoms with E-state index < -0.39 is 8.32 Å². The first kappa shape index (κ1) is 24.6. The molecule has 0 radical (unpaired) electrons. The van der Waals surface area contributed by atoms with Gasteiger partial charge >= 0.3 is 0 Å². The third kappa shape index (κ3) is 8.99. The second-order valence-corrected chi connectivity index (χ2v) is 14.5. The van der Waals surface area contributed by atoms with E-state index in [0.717, 1.165) is 26.1 Å². The number of rotatable bonds is 12. The van der Waals surface area contributed by atoms with Gasteiger partial charge in [-0.3, -0.25) is 4.90 Å². The fourth-order valence-electron chi connectivity index (χ4n) is 4.12. The minimum atomic E-state index is -1.64. The fraction of sp³-hybridized carbons (Fsp3) is 0.481. The maximum atomic E-state index is 6.73. The third-order valence-electron chi connectivity index (χ3n) is 5.21. The van der Waals surface area contributed by atoms with E-state index in [1.807, 2.05) is 0 Å². The van der Waals surface area contributed by atoms with Gasteiger partial charge in [-0.05, 0) is 50.0 Å². The minimum absolute atomic E-state index is 0.252. The van der Waals surface area contributed by atoms with Gasteiger partial charge in [0.25, 0.3) is 0 Å². The number of hydrogen-bond acceptors (Lipinski definition) is 2. The van der Waals surface area contributed by atoms with Gasteiger partial charge in [0.2, 0.25) is 0 Å². The largest absolute Gasteiger partial charge is 0.414 e.